The second-order valence-corrected chi connectivity index (χ2v) is 4.29. The third kappa shape index (κ3) is 6.45. The molecule has 0 aliphatic heterocycles. The van der Waals surface area contributed by atoms with E-state index in [0.717, 1.165) is 24.3 Å². The normalized spacial score (nSPS) is 10.3. The summed E-state index contributed by atoms with van der Waals surface area (Å²) in [6.07, 6.45) is 6.81. The zero-order valence-electron chi connectivity index (χ0n) is 11.4. The molecule has 0 unspecified atom stereocenters. The lowest BCUT2D eigenvalue weighted by atomic mass is 10.2. The minimum atomic E-state index is 0.612. The van der Waals surface area contributed by atoms with E-state index in [9.17, 15) is 0 Å². The molecule has 0 radical (unpaired) electrons. The van der Waals surface area contributed by atoms with Crippen LogP contribution >= 0.6 is 0 Å². The zero-order chi connectivity index (χ0) is 13.1. The van der Waals surface area contributed by atoms with Crippen LogP contribution in [0.2, 0.25) is 0 Å². The molecule has 18 heavy (non-hydrogen) atoms. The Labute approximate surface area is 111 Å². The molecule has 0 aliphatic carbocycles. The van der Waals surface area contributed by atoms with E-state index in [1.165, 1.54) is 19.3 Å². The molecule has 0 atom stereocenters. The summed E-state index contributed by atoms with van der Waals surface area (Å²) in [5, 5.41) is 0. The van der Waals surface area contributed by atoms with Gasteiger partial charge in [-0.1, -0.05) is 51.0 Å². The maximum absolute atomic E-state index is 5.57. The van der Waals surface area contributed by atoms with Crippen molar-refractivity contribution in [3.63, 3.8) is 0 Å². The fourth-order valence-corrected chi connectivity index (χ4v) is 1.65. The summed E-state index contributed by atoms with van der Waals surface area (Å²) in [5.74, 6) is 0.884. The molecule has 2 nitrogen and oxygen atoms in total. The maximum atomic E-state index is 5.57. The van der Waals surface area contributed by atoms with Crippen molar-refractivity contribution in [1.29, 1.82) is 0 Å². The SMILES string of the molecule is C=Cc1ccc(OCCOCCCCCC)cc1. The van der Waals surface area contributed by atoms with Crippen molar-refractivity contribution in [2.24, 2.45) is 0 Å². The van der Waals surface area contributed by atoms with E-state index in [1.54, 1.807) is 0 Å². The van der Waals surface area contributed by atoms with Crippen molar-refractivity contribution < 1.29 is 9.47 Å². The molecular weight excluding hydrogens is 224 g/mol. The third-order valence-electron chi connectivity index (χ3n) is 2.75. The first-order valence-corrected chi connectivity index (χ1v) is 6.80. The number of hydrogen-bond donors (Lipinski definition) is 0. The highest BCUT2D eigenvalue weighted by atomic mass is 16.5. The van der Waals surface area contributed by atoms with E-state index in [2.05, 4.69) is 13.5 Å². The molecule has 0 aliphatic rings. The Bertz CT molecular complexity index is 316. The first-order chi connectivity index (χ1) is 8.86. The molecule has 0 heterocycles. The molecule has 0 amide bonds. The Morgan fingerprint density at radius 3 is 2.44 bits per heavy atom. The number of benzene rings is 1. The minimum Gasteiger partial charge on any atom is -0.491 e. The van der Waals surface area contributed by atoms with Crippen LogP contribution in [0.4, 0.5) is 0 Å². The highest BCUT2D eigenvalue weighted by Gasteiger charge is 1.94. The van der Waals surface area contributed by atoms with Gasteiger partial charge in [0.25, 0.3) is 0 Å². The summed E-state index contributed by atoms with van der Waals surface area (Å²) in [6, 6.07) is 7.90. The number of rotatable bonds is 10. The topological polar surface area (TPSA) is 18.5 Å². The largest absolute Gasteiger partial charge is 0.491 e. The summed E-state index contributed by atoms with van der Waals surface area (Å²) >= 11 is 0. The van der Waals surface area contributed by atoms with E-state index in [4.69, 9.17) is 9.47 Å². The van der Waals surface area contributed by atoms with E-state index >= 15 is 0 Å². The van der Waals surface area contributed by atoms with Gasteiger partial charge in [-0.25, -0.2) is 0 Å². The van der Waals surface area contributed by atoms with Gasteiger partial charge in [0.15, 0.2) is 0 Å². The van der Waals surface area contributed by atoms with Crippen LogP contribution < -0.4 is 4.74 Å². The van der Waals surface area contributed by atoms with E-state index < -0.39 is 0 Å². The first kappa shape index (κ1) is 14.8. The Morgan fingerprint density at radius 2 is 1.78 bits per heavy atom. The maximum Gasteiger partial charge on any atom is 0.119 e. The fraction of sp³-hybridized carbons (Fsp3) is 0.500. The van der Waals surface area contributed by atoms with Crippen LogP contribution in [0.5, 0.6) is 5.75 Å². The van der Waals surface area contributed by atoms with E-state index in [1.807, 2.05) is 30.3 Å². The highest BCUT2D eigenvalue weighted by molar-refractivity contribution is 5.48. The van der Waals surface area contributed by atoms with Gasteiger partial charge in [-0.15, -0.1) is 0 Å². The molecule has 2 heteroatoms. The van der Waals surface area contributed by atoms with Gasteiger partial charge in [-0.05, 0) is 24.1 Å². The number of unbranched alkanes of at least 4 members (excludes halogenated alkanes) is 3. The van der Waals surface area contributed by atoms with Gasteiger partial charge < -0.3 is 9.47 Å². The van der Waals surface area contributed by atoms with Crippen molar-refractivity contribution >= 4 is 6.08 Å². The highest BCUT2D eigenvalue weighted by Crippen LogP contribution is 2.12. The van der Waals surface area contributed by atoms with Gasteiger partial charge >= 0.3 is 0 Å². The monoisotopic (exact) mass is 248 g/mol. The van der Waals surface area contributed by atoms with Crippen LogP contribution in [-0.4, -0.2) is 19.8 Å². The minimum absolute atomic E-state index is 0.612. The van der Waals surface area contributed by atoms with Crippen molar-refractivity contribution in [3.05, 3.63) is 36.4 Å². The Hall–Kier alpha value is -1.28. The molecule has 0 saturated carbocycles. The second kappa shape index (κ2) is 9.72. The fourth-order valence-electron chi connectivity index (χ4n) is 1.65. The van der Waals surface area contributed by atoms with Crippen molar-refractivity contribution in [1.82, 2.24) is 0 Å². The molecule has 0 N–H and O–H groups in total. The van der Waals surface area contributed by atoms with Gasteiger partial charge in [0, 0.05) is 6.61 Å². The van der Waals surface area contributed by atoms with Crippen molar-refractivity contribution in [2.75, 3.05) is 19.8 Å². The summed E-state index contributed by atoms with van der Waals surface area (Å²) < 4.78 is 11.1. The smallest absolute Gasteiger partial charge is 0.119 e. The molecule has 1 aromatic carbocycles. The number of hydrogen-bond acceptors (Lipinski definition) is 2. The van der Waals surface area contributed by atoms with Gasteiger partial charge in [0.1, 0.15) is 12.4 Å². The molecule has 0 aromatic heterocycles. The Kier molecular flexibility index (Phi) is 7.98. The quantitative estimate of drug-likeness (QED) is 0.575. The molecule has 0 spiro atoms. The van der Waals surface area contributed by atoms with Crippen LogP contribution in [0, 0.1) is 0 Å². The van der Waals surface area contributed by atoms with Crippen LogP contribution in [0.25, 0.3) is 6.08 Å². The molecule has 0 saturated heterocycles. The first-order valence-electron chi connectivity index (χ1n) is 6.80. The Morgan fingerprint density at radius 1 is 1.00 bits per heavy atom. The van der Waals surface area contributed by atoms with Crippen molar-refractivity contribution in [3.8, 4) is 5.75 Å². The van der Waals surface area contributed by atoms with Crippen molar-refractivity contribution in [2.45, 2.75) is 32.6 Å². The average molecular weight is 248 g/mol. The lowest BCUT2D eigenvalue weighted by Crippen LogP contribution is -2.07. The van der Waals surface area contributed by atoms with E-state index in [-0.39, 0.29) is 0 Å². The summed E-state index contributed by atoms with van der Waals surface area (Å²) in [5.41, 5.74) is 1.11. The van der Waals surface area contributed by atoms with Crippen LogP contribution in [0.1, 0.15) is 38.2 Å². The molecule has 1 rings (SSSR count). The lowest BCUT2D eigenvalue weighted by molar-refractivity contribution is 0.0971. The third-order valence-corrected chi connectivity index (χ3v) is 2.75. The molecule has 0 fully saturated rings. The standard InChI is InChI=1S/C16H24O2/c1-3-5-6-7-12-17-13-14-18-16-10-8-15(4-2)9-11-16/h4,8-11H,2-3,5-7,12-14H2,1H3. The van der Waals surface area contributed by atoms with Gasteiger partial charge in [0.2, 0.25) is 0 Å². The molecule has 1 aromatic rings. The summed E-state index contributed by atoms with van der Waals surface area (Å²) in [6.45, 7) is 8.05. The van der Waals surface area contributed by atoms with Crippen LogP contribution in [0.3, 0.4) is 0 Å². The Balaban J connectivity index is 2.01. The van der Waals surface area contributed by atoms with Gasteiger partial charge in [-0.2, -0.15) is 0 Å². The van der Waals surface area contributed by atoms with E-state index in [0.29, 0.717) is 13.2 Å². The van der Waals surface area contributed by atoms with Gasteiger partial charge in [-0.3, -0.25) is 0 Å². The van der Waals surface area contributed by atoms with Crippen LogP contribution in [-0.2, 0) is 4.74 Å². The molecule has 100 valence electrons. The zero-order valence-corrected chi connectivity index (χ0v) is 11.4. The summed E-state index contributed by atoms with van der Waals surface area (Å²) in [4.78, 5) is 0. The summed E-state index contributed by atoms with van der Waals surface area (Å²) in [7, 11) is 0. The van der Waals surface area contributed by atoms with Crippen LogP contribution in [0.15, 0.2) is 30.8 Å². The predicted octanol–water partition coefficient (Wildman–Crippen LogP) is 4.31. The number of ether oxygens (including phenoxy) is 2. The lowest BCUT2D eigenvalue weighted by Gasteiger charge is -2.07. The molecular formula is C16H24O2. The average Bonchev–Trinajstić information content (AvgIpc) is 2.42. The van der Waals surface area contributed by atoms with Gasteiger partial charge in [0.05, 0.1) is 6.61 Å². The molecule has 0 bridgehead atoms. The predicted molar refractivity (Wildman–Crippen MR) is 77.0 cm³/mol. The second-order valence-electron chi connectivity index (χ2n) is 4.29.